The van der Waals surface area contributed by atoms with E-state index in [-0.39, 0.29) is 25.0 Å². The normalized spacial score (nSPS) is 14.3. The molecular weight excluding hydrogens is 451 g/mol. The molecule has 0 aliphatic heterocycles. The van der Waals surface area contributed by atoms with Crippen molar-refractivity contribution in [2.75, 3.05) is 0 Å². The molecular formula is C26H31FN4O4. The molecule has 0 bridgehead atoms. The molecule has 0 saturated heterocycles. The molecule has 0 spiro atoms. The Morgan fingerprint density at radius 2 is 1.77 bits per heavy atom. The van der Waals surface area contributed by atoms with Gasteiger partial charge in [-0.05, 0) is 69.4 Å². The van der Waals surface area contributed by atoms with Crippen LogP contribution in [-0.2, 0) is 11.2 Å². The zero-order valence-corrected chi connectivity index (χ0v) is 19.8. The van der Waals surface area contributed by atoms with Gasteiger partial charge >= 0.3 is 0 Å². The molecule has 0 radical (unpaired) electrons. The lowest BCUT2D eigenvalue weighted by Crippen LogP contribution is -2.46. The molecule has 0 aliphatic rings. The second-order valence-electron chi connectivity index (χ2n) is 9.41. The minimum atomic E-state index is -1.14. The standard InChI is InChI=1S/C26H31FN4O4/c1-26(2,35)12-11-17(24(28)33)14-23(32)21(13-16-7-9-18(27)10-8-16)31-25(34)22-15-29-19-5-3-4-6-20(19)30-22/h3-10,15,17,21,23,32,35H,11-14H2,1-2H3,(H2,28,33)(H,31,34)/t17-,21?,23+/m1/s1. The highest BCUT2D eigenvalue weighted by molar-refractivity contribution is 5.94. The van der Waals surface area contributed by atoms with Gasteiger partial charge in [-0.25, -0.2) is 9.37 Å². The van der Waals surface area contributed by atoms with Gasteiger partial charge in [0.25, 0.3) is 5.91 Å². The second-order valence-corrected chi connectivity index (χ2v) is 9.41. The number of aliphatic hydroxyl groups excluding tert-OH is 1. The average molecular weight is 483 g/mol. The molecule has 5 N–H and O–H groups in total. The monoisotopic (exact) mass is 482 g/mol. The van der Waals surface area contributed by atoms with E-state index in [0.29, 0.717) is 23.0 Å². The van der Waals surface area contributed by atoms with Crippen molar-refractivity contribution in [2.45, 2.75) is 57.3 Å². The van der Waals surface area contributed by atoms with Crippen LogP contribution in [0.15, 0.2) is 54.7 Å². The zero-order valence-electron chi connectivity index (χ0n) is 19.8. The first-order valence-corrected chi connectivity index (χ1v) is 11.5. The van der Waals surface area contributed by atoms with E-state index in [2.05, 4.69) is 15.3 Å². The van der Waals surface area contributed by atoms with Crippen LogP contribution < -0.4 is 11.1 Å². The molecule has 0 aliphatic carbocycles. The number of hydrogen-bond acceptors (Lipinski definition) is 6. The first kappa shape index (κ1) is 26.2. The van der Waals surface area contributed by atoms with Crippen molar-refractivity contribution in [3.05, 3.63) is 71.8 Å². The van der Waals surface area contributed by atoms with E-state index in [1.54, 1.807) is 44.2 Å². The Balaban J connectivity index is 1.80. The summed E-state index contributed by atoms with van der Waals surface area (Å²) in [5.41, 5.74) is 6.52. The number of fused-ring (bicyclic) bond motifs is 1. The lowest BCUT2D eigenvalue weighted by Gasteiger charge is -2.28. The van der Waals surface area contributed by atoms with Crippen molar-refractivity contribution >= 4 is 22.8 Å². The summed E-state index contributed by atoms with van der Waals surface area (Å²) in [7, 11) is 0. The number of rotatable bonds is 11. The van der Waals surface area contributed by atoms with Crippen molar-refractivity contribution in [3.63, 3.8) is 0 Å². The number of halogens is 1. The topological polar surface area (TPSA) is 138 Å². The van der Waals surface area contributed by atoms with Crippen LogP contribution in [0.25, 0.3) is 11.0 Å². The van der Waals surface area contributed by atoms with Crippen LogP contribution in [-0.4, -0.2) is 49.7 Å². The molecule has 1 heterocycles. The largest absolute Gasteiger partial charge is 0.391 e. The molecule has 8 nitrogen and oxygen atoms in total. The minimum absolute atomic E-state index is 0.0129. The summed E-state index contributed by atoms with van der Waals surface area (Å²) in [5, 5.41) is 23.9. The third kappa shape index (κ3) is 7.80. The van der Waals surface area contributed by atoms with Crippen molar-refractivity contribution in [1.29, 1.82) is 0 Å². The zero-order chi connectivity index (χ0) is 25.6. The Hall–Kier alpha value is -3.43. The van der Waals surface area contributed by atoms with Gasteiger partial charge in [-0.3, -0.25) is 14.6 Å². The molecule has 1 unspecified atom stereocenters. The number of carbonyl (C=O) groups is 2. The molecule has 3 aromatic rings. The lowest BCUT2D eigenvalue weighted by molar-refractivity contribution is -0.123. The number of aromatic nitrogens is 2. The third-order valence-corrected chi connectivity index (χ3v) is 5.86. The Kier molecular flexibility index (Phi) is 8.48. The minimum Gasteiger partial charge on any atom is -0.391 e. The van der Waals surface area contributed by atoms with Crippen molar-refractivity contribution in [2.24, 2.45) is 11.7 Å². The van der Waals surface area contributed by atoms with Gasteiger partial charge in [0.15, 0.2) is 0 Å². The van der Waals surface area contributed by atoms with Crippen molar-refractivity contribution in [3.8, 4) is 0 Å². The van der Waals surface area contributed by atoms with E-state index >= 15 is 0 Å². The number of aliphatic hydroxyl groups is 2. The van der Waals surface area contributed by atoms with Crippen molar-refractivity contribution in [1.82, 2.24) is 15.3 Å². The van der Waals surface area contributed by atoms with Crippen LogP contribution in [0.2, 0.25) is 0 Å². The van der Waals surface area contributed by atoms with E-state index in [0.717, 1.165) is 0 Å². The highest BCUT2D eigenvalue weighted by Crippen LogP contribution is 2.22. The van der Waals surface area contributed by atoms with Gasteiger partial charge in [0.1, 0.15) is 11.5 Å². The van der Waals surface area contributed by atoms with Crippen LogP contribution in [0.5, 0.6) is 0 Å². The average Bonchev–Trinajstić information content (AvgIpc) is 2.81. The molecule has 9 heteroatoms. The quantitative estimate of drug-likeness (QED) is 0.331. The predicted octanol–water partition coefficient (Wildman–Crippen LogP) is 2.51. The fourth-order valence-corrected chi connectivity index (χ4v) is 3.83. The van der Waals surface area contributed by atoms with E-state index in [4.69, 9.17) is 5.73 Å². The van der Waals surface area contributed by atoms with Gasteiger partial charge in [-0.2, -0.15) is 0 Å². The molecule has 186 valence electrons. The fourth-order valence-electron chi connectivity index (χ4n) is 3.83. The number of nitrogens with zero attached hydrogens (tertiary/aromatic N) is 2. The molecule has 2 aromatic carbocycles. The van der Waals surface area contributed by atoms with Gasteiger partial charge < -0.3 is 21.3 Å². The van der Waals surface area contributed by atoms with Crippen LogP contribution in [0.4, 0.5) is 4.39 Å². The number of nitrogens with one attached hydrogen (secondary N) is 1. The molecule has 35 heavy (non-hydrogen) atoms. The van der Waals surface area contributed by atoms with Crippen molar-refractivity contribution < 1.29 is 24.2 Å². The molecule has 2 amide bonds. The van der Waals surface area contributed by atoms with Gasteiger partial charge in [0, 0.05) is 5.92 Å². The second kappa shape index (κ2) is 11.3. The SMILES string of the molecule is CC(C)(O)CC[C@H](C[C@H](O)C(Cc1ccc(F)cc1)NC(=O)c1cnc2ccccc2n1)C(N)=O. The summed E-state index contributed by atoms with van der Waals surface area (Å²) in [6.45, 7) is 3.26. The van der Waals surface area contributed by atoms with Crippen LogP contribution in [0.1, 0.15) is 49.2 Å². The number of primary amides is 1. The number of benzene rings is 2. The summed E-state index contributed by atoms with van der Waals surface area (Å²) < 4.78 is 13.4. The van der Waals surface area contributed by atoms with Crippen LogP contribution in [0.3, 0.4) is 0 Å². The van der Waals surface area contributed by atoms with Gasteiger partial charge in [0.05, 0.1) is 35.0 Å². The number of carbonyl (C=O) groups excluding carboxylic acids is 2. The molecule has 0 fully saturated rings. The molecule has 3 rings (SSSR count). The number of para-hydroxylation sites is 2. The highest BCUT2D eigenvalue weighted by atomic mass is 19.1. The number of amides is 2. The maximum Gasteiger partial charge on any atom is 0.271 e. The first-order chi connectivity index (χ1) is 16.5. The Labute approximate surface area is 203 Å². The fraction of sp³-hybridized carbons (Fsp3) is 0.385. The molecule has 1 aromatic heterocycles. The summed E-state index contributed by atoms with van der Waals surface area (Å²) in [6, 6.07) is 12.0. The molecule has 0 saturated carbocycles. The Morgan fingerprint density at radius 3 is 2.40 bits per heavy atom. The first-order valence-electron chi connectivity index (χ1n) is 11.5. The summed E-state index contributed by atoms with van der Waals surface area (Å²) in [6.07, 6.45) is 0.982. The number of nitrogens with two attached hydrogens (primary N) is 1. The smallest absolute Gasteiger partial charge is 0.271 e. The Bertz CT molecular complexity index is 1160. The van der Waals surface area contributed by atoms with E-state index in [9.17, 15) is 24.2 Å². The summed E-state index contributed by atoms with van der Waals surface area (Å²) >= 11 is 0. The molecule has 3 atom stereocenters. The predicted molar refractivity (Wildman–Crippen MR) is 130 cm³/mol. The summed E-state index contributed by atoms with van der Waals surface area (Å²) in [5.74, 6) is -2.24. The van der Waals surface area contributed by atoms with Gasteiger partial charge in [-0.1, -0.05) is 24.3 Å². The number of hydrogen-bond donors (Lipinski definition) is 4. The maximum atomic E-state index is 13.4. The van der Waals surface area contributed by atoms with Gasteiger partial charge in [0.2, 0.25) is 5.91 Å². The van der Waals surface area contributed by atoms with E-state index < -0.39 is 41.3 Å². The van der Waals surface area contributed by atoms with Crippen LogP contribution in [0, 0.1) is 11.7 Å². The highest BCUT2D eigenvalue weighted by Gasteiger charge is 2.29. The van der Waals surface area contributed by atoms with Crippen LogP contribution >= 0.6 is 0 Å². The Morgan fingerprint density at radius 1 is 1.11 bits per heavy atom. The lowest BCUT2D eigenvalue weighted by atomic mass is 9.87. The van der Waals surface area contributed by atoms with Gasteiger partial charge in [-0.15, -0.1) is 0 Å². The third-order valence-electron chi connectivity index (χ3n) is 5.86. The van der Waals surface area contributed by atoms with E-state index in [1.807, 2.05) is 6.07 Å². The van der Waals surface area contributed by atoms with E-state index in [1.165, 1.54) is 18.3 Å². The maximum absolute atomic E-state index is 13.4. The summed E-state index contributed by atoms with van der Waals surface area (Å²) in [4.78, 5) is 33.6.